The van der Waals surface area contributed by atoms with Gasteiger partial charge in [-0.3, -0.25) is 0 Å². The molecular formula is C11H8F3N3O. The lowest BCUT2D eigenvalue weighted by Crippen LogP contribution is -2.08. The lowest BCUT2D eigenvalue weighted by molar-refractivity contribution is -0.141. The summed E-state index contributed by atoms with van der Waals surface area (Å²) in [5.41, 5.74) is -0.112. The molecular weight excluding hydrogens is 247 g/mol. The number of hydrogen-bond acceptors (Lipinski definition) is 4. The first-order valence-electron chi connectivity index (χ1n) is 4.92. The lowest BCUT2D eigenvalue weighted by Gasteiger charge is -2.06. The maximum Gasteiger partial charge on any atom is 0.435 e. The molecule has 7 heteroatoms. The average Bonchev–Trinajstić information content (AvgIpc) is 2.38. The predicted octanol–water partition coefficient (Wildman–Crippen LogP) is 2.57. The second kappa shape index (κ2) is 4.59. The van der Waals surface area contributed by atoms with Crippen LogP contribution in [0.3, 0.4) is 0 Å². The van der Waals surface area contributed by atoms with E-state index >= 15 is 0 Å². The van der Waals surface area contributed by atoms with Gasteiger partial charge in [0, 0.05) is 17.8 Å². The molecule has 0 N–H and O–H groups in total. The molecule has 0 aromatic carbocycles. The lowest BCUT2D eigenvalue weighted by atomic mass is 10.2. The van der Waals surface area contributed by atoms with E-state index in [4.69, 9.17) is 4.74 Å². The largest absolute Gasteiger partial charge is 0.481 e. The maximum absolute atomic E-state index is 12.3. The molecule has 18 heavy (non-hydrogen) atoms. The van der Waals surface area contributed by atoms with Crippen LogP contribution >= 0.6 is 0 Å². The fraction of sp³-hybridized carbons (Fsp3) is 0.182. The molecule has 2 heterocycles. The molecule has 0 aliphatic rings. The van der Waals surface area contributed by atoms with Gasteiger partial charge >= 0.3 is 6.18 Å². The van der Waals surface area contributed by atoms with E-state index in [1.807, 2.05) is 0 Å². The standard InChI is InChI=1S/C11H8F3N3O/c1-18-10-6-7(4-5-15-10)8-2-3-9(17-16-8)11(12,13)14/h2-6H,1H3. The fourth-order valence-corrected chi connectivity index (χ4v) is 1.32. The third kappa shape index (κ3) is 2.55. The Bertz CT molecular complexity index is 540. The quantitative estimate of drug-likeness (QED) is 0.827. The Balaban J connectivity index is 2.34. The first-order valence-corrected chi connectivity index (χ1v) is 4.92. The van der Waals surface area contributed by atoms with E-state index in [0.717, 1.165) is 6.07 Å². The summed E-state index contributed by atoms with van der Waals surface area (Å²) in [4.78, 5) is 3.89. The van der Waals surface area contributed by atoms with Gasteiger partial charge in [-0.05, 0) is 18.2 Å². The number of pyridine rings is 1. The smallest absolute Gasteiger partial charge is 0.435 e. The highest BCUT2D eigenvalue weighted by Gasteiger charge is 2.32. The number of rotatable bonds is 2. The molecule has 0 radical (unpaired) electrons. The normalized spacial score (nSPS) is 11.3. The monoisotopic (exact) mass is 255 g/mol. The zero-order chi connectivity index (χ0) is 13.2. The van der Waals surface area contributed by atoms with Crippen LogP contribution in [0.5, 0.6) is 5.88 Å². The Hall–Kier alpha value is -2.18. The van der Waals surface area contributed by atoms with Crippen LogP contribution in [-0.4, -0.2) is 22.3 Å². The SMILES string of the molecule is COc1cc(-c2ccc(C(F)(F)F)nn2)ccn1. The first kappa shape index (κ1) is 12.3. The van der Waals surface area contributed by atoms with Crippen molar-refractivity contribution in [1.29, 1.82) is 0 Å². The molecule has 2 aromatic rings. The average molecular weight is 255 g/mol. The maximum atomic E-state index is 12.3. The van der Waals surface area contributed by atoms with Crippen LogP contribution in [0.2, 0.25) is 0 Å². The van der Waals surface area contributed by atoms with Gasteiger partial charge in [0.15, 0.2) is 5.69 Å². The first-order chi connectivity index (χ1) is 8.50. The van der Waals surface area contributed by atoms with Gasteiger partial charge in [0.1, 0.15) is 0 Å². The zero-order valence-electron chi connectivity index (χ0n) is 9.27. The van der Waals surface area contributed by atoms with Crippen LogP contribution in [0, 0.1) is 0 Å². The Kier molecular flexibility index (Phi) is 3.14. The van der Waals surface area contributed by atoms with Gasteiger partial charge in [-0.2, -0.15) is 13.2 Å². The summed E-state index contributed by atoms with van der Waals surface area (Å²) >= 11 is 0. The van der Waals surface area contributed by atoms with Crippen LogP contribution in [0.1, 0.15) is 5.69 Å². The number of ether oxygens (including phenoxy) is 1. The third-order valence-electron chi connectivity index (χ3n) is 2.19. The van der Waals surface area contributed by atoms with Gasteiger partial charge in [-0.1, -0.05) is 0 Å². The molecule has 0 spiro atoms. The molecule has 0 aliphatic carbocycles. The van der Waals surface area contributed by atoms with Crippen LogP contribution in [-0.2, 0) is 6.18 Å². The molecule has 0 bridgehead atoms. The third-order valence-corrected chi connectivity index (χ3v) is 2.19. The van der Waals surface area contributed by atoms with Gasteiger partial charge in [-0.15, -0.1) is 10.2 Å². The summed E-state index contributed by atoms with van der Waals surface area (Å²) < 4.78 is 41.8. The van der Waals surface area contributed by atoms with E-state index in [9.17, 15) is 13.2 Å². The molecule has 0 unspecified atom stereocenters. The van der Waals surface area contributed by atoms with E-state index in [1.165, 1.54) is 19.4 Å². The van der Waals surface area contributed by atoms with Gasteiger partial charge in [-0.25, -0.2) is 4.98 Å². The Morgan fingerprint density at radius 3 is 2.44 bits per heavy atom. The van der Waals surface area contributed by atoms with Gasteiger partial charge in [0.2, 0.25) is 5.88 Å². The molecule has 2 aromatic heterocycles. The molecule has 0 aliphatic heterocycles. The van der Waals surface area contributed by atoms with Crippen molar-refractivity contribution in [3.63, 3.8) is 0 Å². The Morgan fingerprint density at radius 1 is 1.11 bits per heavy atom. The molecule has 2 rings (SSSR count). The second-order valence-corrected chi connectivity index (χ2v) is 3.39. The molecule has 0 saturated heterocycles. The van der Waals surface area contributed by atoms with E-state index in [1.54, 1.807) is 12.1 Å². The summed E-state index contributed by atoms with van der Waals surface area (Å²) in [5, 5.41) is 6.68. The van der Waals surface area contributed by atoms with Crippen LogP contribution in [0.15, 0.2) is 30.5 Å². The second-order valence-electron chi connectivity index (χ2n) is 3.39. The number of alkyl halides is 3. The van der Waals surface area contributed by atoms with E-state index in [2.05, 4.69) is 15.2 Å². The minimum absolute atomic E-state index is 0.323. The molecule has 0 amide bonds. The van der Waals surface area contributed by atoms with Crippen molar-refractivity contribution in [2.24, 2.45) is 0 Å². The summed E-state index contributed by atoms with van der Waals surface area (Å²) in [7, 11) is 1.45. The molecule has 0 fully saturated rings. The van der Waals surface area contributed by atoms with E-state index < -0.39 is 11.9 Å². The molecule has 4 nitrogen and oxygen atoms in total. The highest BCUT2D eigenvalue weighted by atomic mass is 19.4. The number of methoxy groups -OCH3 is 1. The summed E-state index contributed by atoms with van der Waals surface area (Å²) in [5.74, 6) is 0.356. The Labute approximate surface area is 100 Å². The highest BCUT2D eigenvalue weighted by molar-refractivity contribution is 5.59. The minimum Gasteiger partial charge on any atom is -0.481 e. The summed E-state index contributed by atoms with van der Waals surface area (Å²) in [6, 6.07) is 5.32. The van der Waals surface area contributed by atoms with Crippen molar-refractivity contribution in [3.05, 3.63) is 36.2 Å². The number of aromatic nitrogens is 3. The number of nitrogens with zero attached hydrogens (tertiary/aromatic N) is 3. The number of halogens is 3. The Morgan fingerprint density at radius 2 is 1.89 bits per heavy atom. The van der Waals surface area contributed by atoms with E-state index in [0.29, 0.717) is 17.1 Å². The zero-order valence-corrected chi connectivity index (χ0v) is 9.27. The predicted molar refractivity (Wildman–Crippen MR) is 56.8 cm³/mol. The van der Waals surface area contributed by atoms with Crippen molar-refractivity contribution >= 4 is 0 Å². The van der Waals surface area contributed by atoms with Crippen molar-refractivity contribution in [2.75, 3.05) is 7.11 Å². The van der Waals surface area contributed by atoms with Crippen molar-refractivity contribution in [2.45, 2.75) is 6.18 Å². The van der Waals surface area contributed by atoms with Crippen molar-refractivity contribution in [1.82, 2.24) is 15.2 Å². The van der Waals surface area contributed by atoms with Crippen molar-refractivity contribution in [3.8, 4) is 17.1 Å². The highest BCUT2D eigenvalue weighted by Crippen LogP contribution is 2.28. The van der Waals surface area contributed by atoms with E-state index in [-0.39, 0.29) is 0 Å². The van der Waals surface area contributed by atoms with Gasteiger partial charge in [0.25, 0.3) is 0 Å². The van der Waals surface area contributed by atoms with Gasteiger partial charge < -0.3 is 4.74 Å². The number of hydrogen-bond donors (Lipinski definition) is 0. The molecule has 0 saturated carbocycles. The van der Waals surface area contributed by atoms with Crippen LogP contribution in [0.4, 0.5) is 13.2 Å². The molecule has 94 valence electrons. The van der Waals surface area contributed by atoms with Crippen LogP contribution in [0.25, 0.3) is 11.3 Å². The minimum atomic E-state index is -4.48. The molecule has 0 atom stereocenters. The van der Waals surface area contributed by atoms with Crippen LogP contribution < -0.4 is 4.74 Å². The fourth-order valence-electron chi connectivity index (χ4n) is 1.32. The van der Waals surface area contributed by atoms with Crippen molar-refractivity contribution < 1.29 is 17.9 Å². The van der Waals surface area contributed by atoms with Gasteiger partial charge in [0.05, 0.1) is 12.8 Å². The summed E-state index contributed by atoms with van der Waals surface area (Å²) in [6.45, 7) is 0. The topological polar surface area (TPSA) is 47.9 Å². The summed E-state index contributed by atoms with van der Waals surface area (Å²) in [6.07, 6.45) is -3.00.